The van der Waals surface area contributed by atoms with E-state index in [4.69, 9.17) is 0 Å². The van der Waals surface area contributed by atoms with Crippen LogP contribution in [0.15, 0.2) is 65.8 Å². The summed E-state index contributed by atoms with van der Waals surface area (Å²) in [6, 6.07) is 20.1. The van der Waals surface area contributed by atoms with Gasteiger partial charge in [-0.15, -0.1) is 10.2 Å². The van der Waals surface area contributed by atoms with Crippen molar-refractivity contribution in [3.8, 4) is 11.4 Å². The van der Waals surface area contributed by atoms with Gasteiger partial charge in [0.25, 0.3) is 0 Å². The molecule has 5 heteroatoms. The van der Waals surface area contributed by atoms with Crippen LogP contribution in [0.3, 0.4) is 0 Å². The predicted molar refractivity (Wildman–Crippen MR) is 87.3 cm³/mol. The second kappa shape index (κ2) is 6.45. The van der Waals surface area contributed by atoms with Gasteiger partial charge in [-0.3, -0.25) is 5.43 Å². The Morgan fingerprint density at radius 1 is 0.952 bits per heavy atom. The first-order chi connectivity index (χ1) is 10.4. The summed E-state index contributed by atoms with van der Waals surface area (Å²) < 4.78 is 1.94. The van der Waals surface area contributed by atoms with Gasteiger partial charge in [-0.05, 0) is 17.9 Å². The summed E-state index contributed by atoms with van der Waals surface area (Å²) in [5.74, 6) is 1.76. The zero-order valence-electron chi connectivity index (χ0n) is 11.7. The van der Waals surface area contributed by atoms with Crippen molar-refractivity contribution in [2.45, 2.75) is 12.1 Å². The van der Waals surface area contributed by atoms with Crippen molar-refractivity contribution in [1.82, 2.24) is 14.9 Å². The van der Waals surface area contributed by atoms with Gasteiger partial charge in [-0.25, -0.2) is 4.68 Å². The quantitative estimate of drug-likeness (QED) is 0.724. The first kappa shape index (κ1) is 13.7. The van der Waals surface area contributed by atoms with E-state index < -0.39 is 0 Å². The Bertz CT molecular complexity index is 695. The number of benzene rings is 2. The molecule has 2 aromatic carbocycles. The molecule has 21 heavy (non-hydrogen) atoms. The number of anilines is 1. The number of nitrogens with zero attached hydrogens (tertiary/aromatic N) is 3. The highest BCUT2D eigenvalue weighted by Gasteiger charge is 2.13. The van der Waals surface area contributed by atoms with Crippen LogP contribution in [0.1, 0.15) is 6.92 Å². The maximum absolute atomic E-state index is 4.33. The Morgan fingerprint density at radius 2 is 1.62 bits per heavy atom. The SMILES string of the molecule is CCSc1nnc(-c2ccccc2)n1Nc1ccccc1. The number of para-hydroxylation sites is 1. The number of hydrogen-bond acceptors (Lipinski definition) is 4. The lowest BCUT2D eigenvalue weighted by atomic mass is 10.2. The van der Waals surface area contributed by atoms with Crippen LogP contribution >= 0.6 is 11.8 Å². The van der Waals surface area contributed by atoms with Crippen LogP contribution < -0.4 is 5.43 Å². The Labute approximate surface area is 128 Å². The molecule has 106 valence electrons. The highest BCUT2D eigenvalue weighted by molar-refractivity contribution is 7.99. The molecule has 0 unspecified atom stereocenters. The fourth-order valence-electron chi connectivity index (χ4n) is 2.01. The molecule has 0 saturated heterocycles. The Balaban J connectivity index is 2.01. The topological polar surface area (TPSA) is 42.7 Å². The van der Waals surface area contributed by atoms with E-state index in [9.17, 15) is 0 Å². The Hall–Kier alpha value is -2.27. The summed E-state index contributed by atoms with van der Waals surface area (Å²) in [5, 5.41) is 9.48. The second-order valence-electron chi connectivity index (χ2n) is 4.42. The van der Waals surface area contributed by atoms with Gasteiger partial charge in [0, 0.05) is 5.56 Å². The van der Waals surface area contributed by atoms with Crippen molar-refractivity contribution in [3.05, 3.63) is 60.7 Å². The molecule has 0 radical (unpaired) electrons. The van der Waals surface area contributed by atoms with Crippen LogP contribution in [0.2, 0.25) is 0 Å². The van der Waals surface area contributed by atoms with Gasteiger partial charge < -0.3 is 0 Å². The predicted octanol–water partition coefficient (Wildman–Crippen LogP) is 3.93. The lowest BCUT2D eigenvalue weighted by molar-refractivity contribution is 0.826. The summed E-state index contributed by atoms with van der Waals surface area (Å²) in [7, 11) is 0. The first-order valence-electron chi connectivity index (χ1n) is 6.84. The van der Waals surface area contributed by atoms with Gasteiger partial charge in [0.05, 0.1) is 5.69 Å². The molecule has 0 spiro atoms. The van der Waals surface area contributed by atoms with Crippen molar-refractivity contribution >= 4 is 17.4 Å². The molecule has 0 atom stereocenters. The Kier molecular flexibility index (Phi) is 4.21. The third-order valence-corrected chi connectivity index (χ3v) is 3.76. The van der Waals surface area contributed by atoms with Crippen LogP contribution in [0, 0.1) is 0 Å². The highest BCUT2D eigenvalue weighted by atomic mass is 32.2. The molecule has 0 aliphatic heterocycles. The monoisotopic (exact) mass is 296 g/mol. The van der Waals surface area contributed by atoms with E-state index in [1.165, 1.54) is 0 Å². The number of rotatable bonds is 5. The van der Waals surface area contributed by atoms with E-state index in [0.717, 1.165) is 28.0 Å². The minimum absolute atomic E-state index is 0.815. The standard InChI is InChI=1S/C16H16N4S/c1-2-21-16-18-17-15(13-9-5-3-6-10-13)20(16)19-14-11-7-4-8-12-14/h3-12,19H,2H2,1H3. The van der Waals surface area contributed by atoms with E-state index in [1.54, 1.807) is 11.8 Å². The molecule has 0 aliphatic carbocycles. The van der Waals surface area contributed by atoms with Crippen LogP contribution in [0.5, 0.6) is 0 Å². The van der Waals surface area contributed by atoms with Gasteiger partial charge in [-0.2, -0.15) is 0 Å². The number of thioether (sulfide) groups is 1. The van der Waals surface area contributed by atoms with E-state index in [1.807, 2.05) is 65.3 Å². The highest BCUT2D eigenvalue weighted by Crippen LogP contribution is 2.23. The molecule has 1 heterocycles. The molecule has 0 bridgehead atoms. The molecule has 0 aliphatic rings. The average Bonchev–Trinajstić information content (AvgIpc) is 2.92. The van der Waals surface area contributed by atoms with E-state index >= 15 is 0 Å². The summed E-state index contributed by atoms with van der Waals surface area (Å²) in [5.41, 5.74) is 5.42. The maximum Gasteiger partial charge on any atom is 0.210 e. The maximum atomic E-state index is 4.33. The minimum Gasteiger partial charge on any atom is -0.290 e. The lowest BCUT2D eigenvalue weighted by Gasteiger charge is -2.12. The first-order valence-corrected chi connectivity index (χ1v) is 7.82. The zero-order chi connectivity index (χ0) is 14.5. The van der Waals surface area contributed by atoms with Gasteiger partial charge in [0.2, 0.25) is 5.16 Å². The minimum atomic E-state index is 0.815. The van der Waals surface area contributed by atoms with Gasteiger partial charge in [0.1, 0.15) is 0 Å². The van der Waals surface area contributed by atoms with E-state index in [0.29, 0.717) is 0 Å². The average molecular weight is 296 g/mol. The van der Waals surface area contributed by atoms with Crippen LogP contribution in [-0.4, -0.2) is 20.6 Å². The molecule has 1 aromatic heterocycles. The van der Waals surface area contributed by atoms with E-state index in [-0.39, 0.29) is 0 Å². The summed E-state index contributed by atoms with van der Waals surface area (Å²) in [4.78, 5) is 0. The summed E-state index contributed by atoms with van der Waals surface area (Å²) in [6.45, 7) is 2.11. The third-order valence-electron chi connectivity index (χ3n) is 2.95. The fourth-order valence-corrected chi connectivity index (χ4v) is 2.63. The molecular weight excluding hydrogens is 280 g/mol. The summed E-state index contributed by atoms with van der Waals surface area (Å²) in [6.07, 6.45) is 0. The smallest absolute Gasteiger partial charge is 0.210 e. The normalized spacial score (nSPS) is 10.5. The molecular formula is C16H16N4S. The lowest BCUT2D eigenvalue weighted by Crippen LogP contribution is -2.12. The van der Waals surface area contributed by atoms with Gasteiger partial charge in [0.15, 0.2) is 5.82 Å². The van der Waals surface area contributed by atoms with Crippen molar-refractivity contribution in [3.63, 3.8) is 0 Å². The Morgan fingerprint density at radius 3 is 2.29 bits per heavy atom. The van der Waals surface area contributed by atoms with Crippen molar-refractivity contribution in [2.24, 2.45) is 0 Å². The number of nitrogens with one attached hydrogen (secondary N) is 1. The fraction of sp³-hybridized carbons (Fsp3) is 0.125. The van der Waals surface area contributed by atoms with Crippen molar-refractivity contribution in [2.75, 3.05) is 11.2 Å². The van der Waals surface area contributed by atoms with Gasteiger partial charge in [-0.1, -0.05) is 67.2 Å². The molecule has 4 nitrogen and oxygen atoms in total. The molecule has 0 fully saturated rings. The van der Waals surface area contributed by atoms with Gasteiger partial charge >= 0.3 is 0 Å². The van der Waals surface area contributed by atoms with Crippen molar-refractivity contribution < 1.29 is 0 Å². The van der Waals surface area contributed by atoms with E-state index in [2.05, 4.69) is 22.5 Å². The molecule has 3 rings (SSSR count). The third kappa shape index (κ3) is 3.08. The summed E-state index contributed by atoms with van der Waals surface area (Å²) >= 11 is 1.66. The van der Waals surface area contributed by atoms with Crippen LogP contribution in [0.4, 0.5) is 5.69 Å². The molecule has 0 amide bonds. The zero-order valence-corrected chi connectivity index (χ0v) is 12.5. The molecule has 0 saturated carbocycles. The number of aromatic nitrogens is 3. The second-order valence-corrected chi connectivity index (χ2v) is 5.65. The van der Waals surface area contributed by atoms with Crippen molar-refractivity contribution in [1.29, 1.82) is 0 Å². The molecule has 3 aromatic rings. The number of hydrogen-bond donors (Lipinski definition) is 1. The van der Waals surface area contributed by atoms with Crippen LogP contribution in [0.25, 0.3) is 11.4 Å². The molecule has 1 N–H and O–H groups in total. The largest absolute Gasteiger partial charge is 0.290 e. The van der Waals surface area contributed by atoms with Crippen LogP contribution in [-0.2, 0) is 0 Å².